The van der Waals surface area contributed by atoms with Crippen molar-refractivity contribution >= 4 is 46.0 Å². The third kappa shape index (κ3) is 4.46. The molecular formula is C18H18ClN3O2S. The molecule has 2 N–H and O–H groups in total. The Hall–Kier alpha value is -2.18. The highest BCUT2D eigenvalue weighted by atomic mass is 35.5. The van der Waals surface area contributed by atoms with E-state index in [9.17, 15) is 4.79 Å². The van der Waals surface area contributed by atoms with Gasteiger partial charge in [-0.25, -0.2) is 4.98 Å². The van der Waals surface area contributed by atoms with Crippen molar-refractivity contribution in [3.63, 3.8) is 0 Å². The third-order valence-corrected chi connectivity index (χ3v) is 4.73. The van der Waals surface area contributed by atoms with Crippen LogP contribution in [0.5, 0.6) is 5.75 Å². The predicted octanol–water partition coefficient (Wildman–Crippen LogP) is 4.73. The minimum Gasteiger partial charge on any atom is -0.494 e. The van der Waals surface area contributed by atoms with Crippen LogP contribution >= 0.6 is 23.4 Å². The standard InChI is InChI=1S/C18H18ClN3O2S/c1-3-24-14-7-5-13(6-8-14)20-17(23)11(2)25-18-21-15-9-4-12(19)10-16(15)22-18/h4-11H,3H2,1-2H3,(H,20,23)(H,21,22). The van der Waals surface area contributed by atoms with E-state index in [2.05, 4.69) is 15.3 Å². The molecule has 0 aliphatic carbocycles. The van der Waals surface area contributed by atoms with E-state index in [0.29, 0.717) is 16.8 Å². The molecule has 1 amide bonds. The van der Waals surface area contributed by atoms with Gasteiger partial charge in [-0.15, -0.1) is 0 Å². The lowest BCUT2D eigenvalue weighted by atomic mass is 10.3. The summed E-state index contributed by atoms with van der Waals surface area (Å²) in [6.45, 7) is 4.39. The van der Waals surface area contributed by atoms with Gasteiger partial charge in [0.1, 0.15) is 5.75 Å². The van der Waals surface area contributed by atoms with E-state index in [1.807, 2.05) is 50.2 Å². The summed E-state index contributed by atoms with van der Waals surface area (Å²) in [7, 11) is 0. The molecule has 0 radical (unpaired) electrons. The van der Waals surface area contributed by atoms with Crippen LogP contribution in [-0.4, -0.2) is 27.7 Å². The number of carbonyl (C=O) groups is 1. The van der Waals surface area contributed by atoms with Crippen molar-refractivity contribution < 1.29 is 9.53 Å². The fourth-order valence-corrected chi connectivity index (χ4v) is 3.27. The fraction of sp³-hybridized carbons (Fsp3) is 0.222. The number of ether oxygens (including phenoxy) is 1. The summed E-state index contributed by atoms with van der Waals surface area (Å²) < 4.78 is 5.39. The van der Waals surface area contributed by atoms with Crippen molar-refractivity contribution in [1.29, 1.82) is 0 Å². The van der Waals surface area contributed by atoms with E-state index < -0.39 is 0 Å². The maximum Gasteiger partial charge on any atom is 0.237 e. The zero-order valence-electron chi connectivity index (χ0n) is 13.9. The molecule has 1 unspecified atom stereocenters. The highest BCUT2D eigenvalue weighted by Gasteiger charge is 2.17. The minimum atomic E-state index is -0.303. The largest absolute Gasteiger partial charge is 0.494 e. The first kappa shape index (κ1) is 17.6. The molecule has 0 fully saturated rings. The normalized spacial score (nSPS) is 12.1. The Morgan fingerprint density at radius 1 is 1.32 bits per heavy atom. The van der Waals surface area contributed by atoms with Crippen LogP contribution in [-0.2, 0) is 4.79 Å². The monoisotopic (exact) mass is 375 g/mol. The van der Waals surface area contributed by atoms with Gasteiger partial charge in [-0.1, -0.05) is 23.4 Å². The second-order valence-corrected chi connectivity index (χ2v) is 7.18. The molecular weight excluding hydrogens is 358 g/mol. The number of nitrogens with zero attached hydrogens (tertiary/aromatic N) is 1. The van der Waals surface area contributed by atoms with Crippen LogP contribution in [0.15, 0.2) is 47.6 Å². The molecule has 0 bridgehead atoms. The van der Waals surface area contributed by atoms with Crippen LogP contribution in [0, 0.1) is 0 Å². The van der Waals surface area contributed by atoms with E-state index in [1.165, 1.54) is 11.8 Å². The van der Waals surface area contributed by atoms with Crippen LogP contribution in [0.2, 0.25) is 5.02 Å². The van der Waals surface area contributed by atoms with Gasteiger partial charge in [0.15, 0.2) is 5.16 Å². The van der Waals surface area contributed by atoms with Gasteiger partial charge in [-0.05, 0) is 56.3 Å². The first-order valence-corrected chi connectivity index (χ1v) is 9.16. The highest BCUT2D eigenvalue weighted by molar-refractivity contribution is 8.00. The Kier molecular flexibility index (Phi) is 5.50. The number of H-pyrrole nitrogens is 1. The number of aromatic amines is 1. The third-order valence-electron chi connectivity index (χ3n) is 3.51. The molecule has 1 aromatic heterocycles. The van der Waals surface area contributed by atoms with Crippen LogP contribution in [0.1, 0.15) is 13.8 Å². The minimum absolute atomic E-state index is 0.0901. The van der Waals surface area contributed by atoms with Crippen molar-refractivity contribution in [1.82, 2.24) is 9.97 Å². The van der Waals surface area contributed by atoms with Crippen LogP contribution in [0.3, 0.4) is 0 Å². The molecule has 7 heteroatoms. The van der Waals surface area contributed by atoms with E-state index in [4.69, 9.17) is 16.3 Å². The zero-order valence-corrected chi connectivity index (χ0v) is 15.4. The first-order valence-electron chi connectivity index (χ1n) is 7.91. The second kappa shape index (κ2) is 7.80. The number of benzene rings is 2. The van der Waals surface area contributed by atoms with E-state index in [1.54, 1.807) is 6.07 Å². The number of halogens is 1. The van der Waals surface area contributed by atoms with Gasteiger partial charge in [0.25, 0.3) is 0 Å². The zero-order chi connectivity index (χ0) is 17.8. The molecule has 2 aromatic carbocycles. The van der Waals surface area contributed by atoms with Gasteiger partial charge in [-0.3, -0.25) is 4.79 Å². The predicted molar refractivity (Wildman–Crippen MR) is 103 cm³/mol. The molecule has 1 atom stereocenters. The Morgan fingerprint density at radius 2 is 2.08 bits per heavy atom. The fourth-order valence-electron chi connectivity index (χ4n) is 2.28. The molecule has 3 aromatic rings. The molecule has 0 aliphatic heterocycles. The summed E-state index contributed by atoms with van der Waals surface area (Å²) >= 11 is 7.34. The van der Waals surface area contributed by atoms with Crippen molar-refractivity contribution in [3.05, 3.63) is 47.5 Å². The molecule has 130 valence electrons. The van der Waals surface area contributed by atoms with Crippen molar-refractivity contribution in [2.45, 2.75) is 24.3 Å². The molecule has 5 nitrogen and oxygen atoms in total. The highest BCUT2D eigenvalue weighted by Crippen LogP contribution is 2.26. The number of amides is 1. The lowest BCUT2D eigenvalue weighted by molar-refractivity contribution is -0.115. The molecule has 0 saturated heterocycles. The smallest absolute Gasteiger partial charge is 0.237 e. The topological polar surface area (TPSA) is 67.0 Å². The second-order valence-electron chi connectivity index (χ2n) is 5.41. The Morgan fingerprint density at radius 3 is 2.80 bits per heavy atom. The van der Waals surface area contributed by atoms with Gasteiger partial charge in [0.2, 0.25) is 5.91 Å². The van der Waals surface area contributed by atoms with Crippen molar-refractivity contribution in [2.24, 2.45) is 0 Å². The number of imidazole rings is 1. The maximum absolute atomic E-state index is 12.4. The van der Waals surface area contributed by atoms with E-state index in [0.717, 1.165) is 22.5 Å². The summed E-state index contributed by atoms with van der Waals surface area (Å²) in [5.74, 6) is 0.691. The van der Waals surface area contributed by atoms with Gasteiger partial charge < -0.3 is 15.0 Å². The van der Waals surface area contributed by atoms with E-state index >= 15 is 0 Å². The summed E-state index contributed by atoms with van der Waals surface area (Å²) in [5.41, 5.74) is 2.41. The summed E-state index contributed by atoms with van der Waals surface area (Å²) in [4.78, 5) is 20.0. The molecule has 0 saturated carbocycles. The van der Waals surface area contributed by atoms with Crippen molar-refractivity contribution in [2.75, 3.05) is 11.9 Å². The van der Waals surface area contributed by atoms with Gasteiger partial charge in [-0.2, -0.15) is 0 Å². The van der Waals surface area contributed by atoms with E-state index in [-0.39, 0.29) is 11.2 Å². The first-order chi connectivity index (χ1) is 12.0. The van der Waals surface area contributed by atoms with Gasteiger partial charge in [0, 0.05) is 10.7 Å². The number of fused-ring (bicyclic) bond motifs is 1. The summed E-state index contributed by atoms with van der Waals surface area (Å²) in [6, 6.07) is 12.8. The summed E-state index contributed by atoms with van der Waals surface area (Å²) in [6.07, 6.45) is 0. The van der Waals surface area contributed by atoms with Crippen molar-refractivity contribution in [3.8, 4) is 5.75 Å². The number of carbonyl (C=O) groups excluding carboxylic acids is 1. The molecule has 0 aliphatic rings. The average Bonchev–Trinajstić information content (AvgIpc) is 2.98. The molecule has 0 spiro atoms. The van der Waals surface area contributed by atoms with Gasteiger partial charge in [0.05, 0.1) is 22.9 Å². The number of nitrogens with one attached hydrogen (secondary N) is 2. The number of anilines is 1. The molecule has 25 heavy (non-hydrogen) atoms. The quantitative estimate of drug-likeness (QED) is 0.611. The number of rotatable bonds is 6. The average molecular weight is 376 g/mol. The SMILES string of the molecule is CCOc1ccc(NC(=O)C(C)Sc2nc3ccc(Cl)cc3[nH]2)cc1. The number of hydrogen-bond acceptors (Lipinski definition) is 4. The summed E-state index contributed by atoms with van der Waals surface area (Å²) in [5, 5.41) is 3.93. The maximum atomic E-state index is 12.4. The Labute approximate surface area is 155 Å². The number of hydrogen-bond donors (Lipinski definition) is 2. The molecule has 1 heterocycles. The Balaban J connectivity index is 1.63. The lowest BCUT2D eigenvalue weighted by Gasteiger charge is -2.11. The number of thioether (sulfide) groups is 1. The number of aromatic nitrogens is 2. The molecule has 3 rings (SSSR count). The van der Waals surface area contributed by atoms with Crippen LogP contribution in [0.25, 0.3) is 11.0 Å². The van der Waals surface area contributed by atoms with Crippen LogP contribution in [0.4, 0.5) is 5.69 Å². The lowest BCUT2D eigenvalue weighted by Crippen LogP contribution is -2.22. The van der Waals surface area contributed by atoms with Gasteiger partial charge >= 0.3 is 0 Å². The van der Waals surface area contributed by atoms with Crippen LogP contribution < -0.4 is 10.1 Å². The Bertz CT molecular complexity index is 880.